The summed E-state index contributed by atoms with van der Waals surface area (Å²) >= 11 is 0. The molecule has 2 nitrogen and oxygen atoms in total. The highest BCUT2D eigenvalue weighted by atomic mass is 16.5. The smallest absolute Gasteiger partial charge is 0.136 e. The fourth-order valence-corrected chi connectivity index (χ4v) is 2.61. The van der Waals surface area contributed by atoms with Crippen molar-refractivity contribution >= 4 is 5.78 Å². The molecule has 0 N–H and O–H groups in total. The number of Topliss-reactive ketones (excluding diaryl/α,β-unsaturated/α-hetero) is 1. The van der Waals surface area contributed by atoms with E-state index in [9.17, 15) is 4.79 Å². The predicted molar refractivity (Wildman–Crippen MR) is 66.4 cm³/mol. The van der Waals surface area contributed by atoms with Crippen molar-refractivity contribution in [2.75, 3.05) is 13.2 Å². The molecule has 0 aromatic rings. The molecule has 1 saturated carbocycles. The lowest BCUT2D eigenvalue weighted by molar-refractivity contribution is -0.132. The maximum atomic E-state index is 12.0. The minimum atomic E-state index is 0.00634. The maximum Gasteiger partial charge on any atom is 0.136 e. The van der Waals surface area contributed by atoms with Gasteiger partial charge in [0.25, 0.3) is 0 Å². The van der Waals surface area contributed by atoms with Crippen LogP contribution in [0.3, 0.4) is 0 Å². The first-order chi connectivity index (χ1) is 7.47. The lowest BCUT2D eigenvalue weighted by atomic mass is 9.68. The molecular formula is C14H26O2. The standard InChI is InChI=1S/C14H26O2/c1-5-8-16-10-14(3,4)12-7-6-11(2)9-13(12)15/h11-12H,5-10H2,1-4H3. The van der Waals surface area contributed by atoms with E-state index in [1.54, 1.807) is 0 Å². The van der Waals surface area contributed by atoms with Gasteiger partial charge in [-0.3, -0.25) is 4.79 Å². The van der Waals surface area contributed by atoms with Crippen LogP contribution < -0.4 is 0 Å². The Balaban J connectivity index is 2.50. The first-order valence-corrected chi connectivity index (χ1v) is 6.58. The third kappa shape index (κ3) is 3.58. The third-order valence-corrected chi connectivity index (χ3v) is 3.65. The second kappa shape index (κ2) is 5.81. The Hall–Kier alpha value is -0.370. The van der Waals surface area contributed by atoms with E-state index in [1.807, 2.05) is 0 Å². The topological polar surface area (TPSA) is 26.3 Å². The Kier molecular flexibility index (Phi) is 4.97. The molecule has 0 radical (unpaired) electrons. The Morgan fingerprint density at radius 1 is 1.38 bits per heavy atom. The zero-order chi connectivity index (χ0) is 12.2. The Labute approximate surface area is 99.8 Å². The number of ketones is 1. The molecule has 0 aromatic heterocycles. The first-order valence-electron chi connectivity index (χ1n) is 6.58. The van der Waals surface area contributed by atoms with E-state index in [0.717, 1.165) is 25.9 Å². The van der Waals surface area contributed by atoms with Gasteiger partial charge in [-0.1, -0.05) is 27.7 Å². The van der Waals surface area contributed by atoms with Gasteiger partial charge in [0, 0.05) is 18.9 Å². The maximum absolute atomic E-state index is 12.0. The molecule has 2 unspecified atom stereocenters. The SMILES string of the molecule is CCCOCC(C)(C)C1CCC(C)CC1=O. The Bertz CT molecular complexity index is 233. The van der Waals surface area contributed by atoms with Crippen LogP contribution in [-0.2, 0) is 9.53 Å². The minimum Gasteiger partial charge on any atom is -0.381 e. The van der Waals surface area contributed by atoms with Gasteiger partial charge < -0.3 is 4.74 Å². The van der Waals surface area contributed by atoms with Gasteiger partial charge >= 0.3 is 0 Å². The number of rotatable bonds is 5. The zero-order valence-electron chi connectivity index (χ0n) is 11.2. The van der Waals surface area contributed by atoms with E-state index in [1.165, 1.54) is 6.42 Å². The molecule has 2 heteroatoms. The highest BCUT2D eigenvalue weighted by Crippen LogP contribution is 2.38. The summed E-state index contributed by atoms with van der Waals surface area (Å²) < 4.78 is 5.62. The molecule has 0 spiro atoms. The van der Waals surface area contributed by atoms with Crippen LogP contribution in [0.2, 0.25) is 0 Å². The van der Waals surface area contributed by atoms with Gasteiger partial charge in [-0.25, -0.2) is 0 Å². The van der Waals surface area contributed by atoms with Crippen molar-refractivity contribution < 1.29 is 9.53 Å². The summed E-state index contributed by atoms with van der Waals surface area (Å²) in [6, 6.07) is 0. The van der Waals surface area contributed by atoms with Crippen LogP contribution in [0.5, 0.6) is 0 Å². The molecule has 1 rings (SSSR count). The number of carbonyl (C=O) groups excluding carboxylic acids is 1. The molecule has 0 aromatic carbocycles. The lowest BCUT2D eigenvalue weighted by Crippen LogP contribution is -2.38. The van der Waals surface area contributed by atoms with E-state index in [4.69, 9.17) is 4.74 Å². The van der Waals surface area contributed by atoms with Crippen LogP contribution in [-0.4, -0.2) is 19.0 Å². The van der Waals surface area contributed by atoms with Gasteiger partial charge in [0.05, 0.1) is 6.61 Å². The normalized spacial score (nSPS) is 27.1. The van der Waals surface area contributed by atoms with Gasteiger partial charge in [-0.2, -0.15) is 0 Å². The van der Waals surface area contributed by atoms with E-state index >= 15 is 0 Å². The van der Waals surface area contributed by atoms with Crippen molar-refractivity contribution in [1.82, 2.24) is 0 Å². The molecular weight excluding hydrogens is 200 g/mol. The van der Waals surface area contributed by atoms with Crippen LogP contribution in [0.4, 0.5) is 0 Å². The number of ether oxygens (including phenoxy) is 1. The third-order valence-electron chi connectivity index (χ3n) is 3.65. The fourth-order valence-electron chi connectivity index (χ4n) is 2.61. The average molecular weight is 226 g/mol. The monoisotopic (exact) mass is 226 g/mol. The van der Waals surface area contributed by atoms with Crippen LogP contribution in [0.25, 0.3) is 0 Å². The summed E-state index contributed by atoms with van der Waals surface area (Å²) in [6.07, 6.45) is 4.05. The molecule has 0 bridgehead atoms. The predicted octanol–water partition coefficient (Wildman–Crippen LogP) is 3.44. The molecule has 0 amide bonds. The average Bonchev–Trinajstić information content (AvgIpc) is 2.17. The van der Waals surface area contributed by atoms with Crippen molar-refractivity contribution in [3.8, 4) is 0 Å². The number of carbonyl (C=O) groups is 1. The highest BCUT2D eigenvalue weighted by molar-refractivity contribution is 5.82. The minimum absolute atomic E-state index is 0.00634. The van der Waals surface area contributed by atoms with Crippen molar-refractivity contribution in [2.24, 2.45) is 17.3 Å². The van der Waals surface area contributed by atoms with Gasteiger partial charge in [0.1, 0.15) is 5.78 Å². The van der Waals surface area contributed by atoms with Gasteiger partial charge in [0.2, 0.25) is 0 Å². The van der Waals surface area contributed by atoms with Crippen LogP contribution in [0.1, 0.15) is 53.4 Å². The largest absolute Gasteiger partial charge is 0.381 e. The zero-order valence-corrected chi connectivity index (χ0v) is 11.2. The molecule has 1 aliphatic carbocycles. The van der Waals surface area contributed by atoms with Crippen LogP contribution in [0, 0.1) is 17.3 Å². The summed E-state index contributed by atoms with van der Waals surface area (Å²) in [4.78, 5) is 12.0. The molecule has 0 aliphatic heterocycles. The summed E-state index contributed by atoms with van der Waals surface area (Å²) in [7, 11) is 0. The first kappa shape index (κ1) is 13.7. The highest BCUT2D eigenvalue weighted by Gasteiger charge is 2.37. The van der Waals surface area contributed by atoms with Gasteiger partial charge in [-0.15, -0.1) is 0 Å². The number of hydrogen-bond donors (Lipinski definition) is 0. The number of hydrogen-bond acceptors (Lipinski definition) is 2. The van der Waals surface area contributed by atoms with E-state index in [0.29, 0.717) is 18.3 Å². The van der Waals surface area contributed by atoms with Crippen molar-refractivity contribution in [3.05, 3.63) is 0 Å². The second-order valence-electron chi connectivity index (χ2n) is 5.95. The second-order valence-corrected chi connectivity index (χ2v) is 5.95. The van der Waals surface area contributed by atoms with E-state index in [-0.39, 0.29) is 11.3 Å². The van der Waals surface area contributed by atoms with E-state index < -0.39 is 0 Å². The summed E-state index contributed by atoms with van der Waals surface area (Å²) in [5, 5.41) is 0. The molecule has 16 heavy (non-hydrogen) atoms. The van der Waals surface area contributed by atoms with Crippen molar-refractivity contribution in [1.29, 1.82) is 0 Å². The van der Waals surface area contributed by atoms with Gasteiger partial charge in [0.15, 0.2) is 0 Å². The molecule has 0 saturated heterocycles. The van der Waals surface area contributed by atoms with Crippen LogP contribution >= 0.6 is 0 Å². The summed E-state index contributed by atoms with van der Waals surface area (Å²) in [5.74, 6) is 1.24. The molecule has 1 fully saturated rings. The van der Waals surface area contributed by atoms with Crippen molar-refractivity contribution in [3.63, 3.8) is 0 Å². The molecule has 94 valence electrons. The van der Waals surface area contributed by atoms with E-state index in [2.05, 4.69) is 27.7 Å². The summed E-state index contributed by atoms with van der Waals surface area (Å²) in [6.45, 7) is 10.1. The van der Waals surface area contributed by atoms with Crippen LogP contribution in [0.15, 0.2) is 0 Å². The Morgan fingerprint density at radius 2 is 2.06 bits per heavy atom. The Morgan fingerprint density at radius 3 is 2.62 bits per heavy atom. The lowest BCUT2D eigenvalue weighted by Gasteiger charge is -2.37. The summed E-state index contributed by atoms with van der Waals surface area (Å²) in [5.41, 5.74) is 0.00634. The molecule has 2 atom stereocenters. The fraction of sp³-hybridized carbons (Fsp3) is 0.929. The quantitative estimate of drug-likeness (QED) is 0.671. The molecule has 1 aliphatic rings. The van der Waals surface area contributed by atoms with Crippen molar-refractivity contribution in [2.45, 2.75) is 53.4 Å². The van der Waals surface area contributed by atoms with Gasteiger partial charge in [-0.05, 0) is 30.6 Å². The molecule has 0 heterocycles.